The third-order valence-corrected chi connectivity index (χ3v) is 1.77. The molecule has 0 aromatic heterocycles. The first-order valence-corrected chi connectivity index (χ1v) is 3.74. The van der Waals surface area contributed by atoms with Crippen molar-refractivity contribution in [1.29, 1.82) is 0 Å². The summed E-state index contributed by atoms with van der Waals surface area (Å²) in [7, 11) is 0. The zero-order valence-corrected chi connectivity index (χ0v) is 8.73. The standard InChI is InChI=1S/C10H9N.HI/c1-2-5-9-6-4-8-11-10(9)7-3-1;/h1-8,11H;1H. The molecule has 2 aliphatic rings. The molecular weight excluding hydrogens is 261 g/mol. The van der Waals surface area contributed by atoms with Crippen LogP contribution in [0, 0.1) is 0 Å². The van der Waals surface area contributed by atoms with E-state index in [0.29, 0.717) is 0 Å². The van der Waals surface area contributed by atoms with Gasteiger partial charge in [-0.3, -0.25) is 5.32 Å². The molecule has 0 fully saturated rings. The van der Waals surface area contributed by atoms with Gasteiger partial charge in [0.05, 0.1) is 6.20 Å². The van der Waals surface area contributed by atoms with E-state index in [-0.39, 0.29) is 24.0 Å². The summed E-state index contributed by atoms with van der Waals surface area (Å²) in [5.41, 5.74) is 2.58. The average Bonchev–Trinajstić information content (AvgIpc) is 2.28. The van der Waals surface area contributed by atoms with Gasteiger partial charge in [0.2, 0.25) is 0 Å². The molecule has 2 heteroatoms. The minimum absolute atomic E-state index is 0. The number of nitrogens with two attached hydrogens (primary N) is 1. The Hall–Kier alpha value is -0.610. The first kappa shape index (κ1) is 9.48. The van der Waals surface area contributed by atoms with E-state index in [4.69, 9.17) is 0 Å². The second kappa shape index (κ2) is 4.42. The Balaban J connectivity index is 0.000000720. The maximum atomic E-state index is 2.12. The van der Waals surface area contributed by atoms with Crippen molar-refractivity contribution in [3.63, 3.8) is 0 Å². The highest BCUT2D eigenvalue weighted by molar-refractivity contribution is 5.43. The van der Waals surface area contributed by atoms with Gasteiger partial charge in [0.1, 0.15) is 5.70 Å². The molecular formula is C10H10IN. The highest BCUT2D eigenvalue weighted by atomic mass is 127. The Morgan fingerprint density at radius 1 is 0.917 bits per heavy atom. The van der Waals surface area contributed by atoms with Gasteiger partial charge in [0.15, 0.2) is 0 Å². The van der Waals surface area contributed by atoms with Crippen LogP contribution in [0.4, 0.5) is 0 Å². The van der Waals surface area contributed by atoms with Crippen molar-refractivity contribution in [1.82, 2.24) is 0 Å². The fourth-order valence-corrected chi connectivity index (χ4v) is 1.20. The molecule has 0 saturated carbocycles. The Bertz CT molecular complexity index is 306. The average molecular weight is 271 g/mol. The molecule has 0 aromatic carbocycles. The predicted octanol–water partition coefficient (Wildman–Crippen LogP) is -1.98. The number of hydrogen-bond donors (Lipinski definition) is 1. The number of halogens is 1. The van der Waals surface area contributed by atoms with Crippen LogP contribution in [0.1, 0.15) is 0 Å². The molecule has 2 N–H and O–H groups in total. The van der Waals surface area contributed by atoms with Gasteiger partial charge in [-0.15, -0.1) is 0 Å². The summed E-state index contributed by atoms with van der Waals surface area (Å²) in [6.07, 6.45) is 16.6. The molecule has 0 amide bonds. The van der Waals surface area contributed by atoms with Gasteiger partial charge in [0, 0.05) is 11.6 Å². The highest BCUT2D eigenvalue weighted by Gasteiger charge is 2.07. The minimum Gasteiger partial charge on any atom is -1.00 e. The fourth-order valence-electron chi connectivity index (χ4n) is 1.20. The molecule has 0 bridgehead atoms. The number of quaternary nitrogens is 1. The lowest BCUT2D eigenvalue weighted by Gasteiger charge is -2.04. The number of allylic oxidation sites excluding steroid dienone is 7. The van der Waals surface area contributed by atoms with Crippen molar-refractivity contribution in [3.05, 3.63) is 60.0 Å². The van der Waals surface area contributed by atoms with Crippen molar-refractivity contribution in [2.24, 2.45) is 0 Å². The second-order valence-corrected chi connectivity index (χ2v) is 2.54. The van der Waals surface area contributed by atoms with Gasteiger partial charge in [-0.05, 0) is 18.2 Å². The second-order valence-electron chi connectivity index (χ2n) is 2.54. The summed E-state index contributed by atoms with van der Waals surface area (Å²) in [4.78, 5) is 0. The molecule has 12 heavy (non-hydrogen) atoms. The van der Waals surface area contributed by atoms with Gasteiger partial charge in [-0.1, -0.05) is 18.2 Å². The van der Waals surface area contributed by atoms with Crippen molar-refractivity contribution in [2.45, 2.75) is 0 Å². The Morgan fingerprint density at radius 2 is 1.83 bits per heavy atom. The van der Waals surface area contributed by atoms with Gasteiger partial charge in [-0.2, -0.15) is 0 Å². The van der Waals surface area contributed by atoms with Gasteiger partial charge in [0.25, 0.3) is 0 Å². The summed E-state index contributed by atoms with van der Waals surface area (Å²) in [6, 6.07) is 0. The fraction of sp³-hybridized carbons (Fsp3) is 0. The van der Waals surface area contributed by atoms with Crippen molar-refractivity contribution in [2.75, 3.05) is 0 Å². The molecule has 1 aliphatic heterocycles. The van der Waals surface area contributed by atoms with Crippen LogP contribution in [0.25, 0.3) is 0 Å². The van der Waals surface area contributed by atoms with E-state index in [2.05, 4.69) is 48.0 Å². The van der Waals surface area contributed by atoms with E-state index in [9.17, 15) is 0 Å². The molecule has 0 atom stereocenters. The van der Waals surface area contributed by atoms with Crippen LogP contribution in [0.3, 0.4) is 0 Å². The molecule has 1 nitrogen and oxygen atoms in total. The zero-order valence-electron chi connectivity index (χ0n) is 6.57. The molecule has 0 spiro atoms. The van der Waals surface area contributed by atoms with Crippen LogP contribution in [-0.2, 0) is 0 Å². The third kappa shape index (κ3) is 1.95. The summed E-state index contributed by atoms with van der Waals surface area (Å²) in [5, 5.41) is 2.12. The SMILES string of the molecule is C1=CC=C2[NH2+]C=CC=C2C=C1.[I-]. The Kier molecular flexibility index (Phi) is 3.49. The van der Waals surface area contributed by atoms with Gasteiger partial charge < -0.3 is 24.0 Å². The lowest BCUT2D eigenvalue weighted by Crippen LogP contribution is -3.00. The van der Waals surface area contributed by atoms with Crippen LogP contribution in [-0.4, -0.2) is 0 Å². The van der Waals surface area contributed by atoms with Gasteiger partial charge in [-0.25, -0.2) is 0 Å². The minimum atomic E-state index is 0. The monoisotopic (exact) mass is 271 g/mol. The van der Waals surface area contributed by atoms with Crippen molar-refractivity contribution >= 4 is 0 Å². The molecule has 62 valence electrons. The first-order valence-electron chi connectivity index (χ1n) is 3.74. The molecule has 0 aromatic rings. The van der Waals surface area contributed by atoms with Crippen LogP contribution in [0.5, 0.6) is 0 Å². The van der Waals surface area contributed by atoms with E-state index < -0.39 is 0 Å². The summed E-state index contributed by atoms with van der Waals surface area (Å²) in [6.45, 7) is 0. The quantitative estimate of drug-likeness (QED) is 0.492. The number of rotatable bonds is 0. The number of fused-ring (bicyclic) bond motifs is 1. The summed E-state index contributed by atoms with van der Waals surface area (Å²) < 4.78 is 0. The Labute approximate surface area is 89.3 Å². The maximum Gasteiger partial charge on any atom is 0.141 e. The van der Waals surface area contributed by atoms with E-state index in [1.165, 1.54) is 11.3 Å². The van der Waals surface area contributed by atoms with Crippen LogP contribution in [0.2, 0.25) is 0 Å². The van der Waals surface area contributed by atoms with Crippen LogP contribution in [0.15, 0.2) is 60.0 Å². The van der Waals surface area contributed by atoms with Crippen molar-refractivity contribution < 1.29 is 29.3 Å². The van der Waals surface area contributed by atoms with Crippen LogP contribution < -0.4 is 29.3 Å². The topological polar surface area (TPSA) is 16.6 Å². The lowest BCUT2D eigenvalue weighted by atomic mass is 10.1. The first-order chi connectivity index (χ1) is 5.47. The Morgan fingerprint density at radius 3 is 2.75 bits per heavy atom. The zero-order chi connectivity index (χ0) is 7.52. The van der Waals surface area contributed by atoms with E-state index >= 15 is 0 Å². The molecule has 0 radical (unpaired) electrons. The third-order valence-electron chi connectivity index (χ3n) is 1.77. The summed E-state index contributed by atoms with van der Waals surface area (Å²) >= 11 is 0. The maximum absolute atomic E-state index is 2.12. The lowest BCUT2D eigenvalue weighted by molar-refractivity contribution is -0.531. The van der Waals surface area contributed by atoms with Crippen LogP contribution >= 0.6 is 0 Å². The summed E-state index contributed by atoms with van der Waals surface area (Å²) in [5.74, 6) is 0. The largest absolute Gasteiger partial charge is 1.00 e. The van der Waals surface area contributed by atoms with Crippen molar-refractivity contribution in [3.8, 4) is 0 Å². The van der Waals surface area contributed by atoms with Gasteiger partial charge >= 0.3 is 0 Å². The number of hydrogen-bond acceptors (Lipinski definition) is 0. The molecule has 1 aliphatic carbocycles. The normalized spacial score (nSPS) is 18.7. The molecule has 1 heterocycles. The molecule has 0 saturated heterocycles. The van der Waals surface area contributed by atoms with E-state index in [1.807, 2.05) is 6.08 Å². The highest BCUT2D eigenvalue weighted by Crippen LogP contribution is 2.10. The van der Waals surface area contributed by atoms with E-state index in [0.717, 1.165) is 0 Å². The molecule has 0 unspecified atom stereocenters. The smallest absolute Gasteiger partial charge is 0.141 e. The molecule has 2 rings (SSSR count). The van der Waals surface area contributed by atoms with E-state index in [1.54, 1.807) is 0 Å². The predicted molar refractivity (Wildman–Crippen MR) is 45.5 cm³/mol.